The van der Waals surface area contributed by atoms with Crippen LogP contribution in [-0.2, 0) is 0 Å². The maximum absolute atomic E-state index is 3.67. The highest BCUT2D eigenvalue weighted by atomic mass is 32.2. The van der Waals surface area contributed by atoms with Gasteiger partial charge in [-0.3, -0.25) is 20.0 Å². The van der Waals surface area contributed by atoms with Gasteiger partial charge in [0.1, 0.15) is 5.50 Å². The normalized spacial score (nSPS) is 30.9. The first-order valence-corrected chi connectivity index (χ1v) is 9.50. The van der Waals surface area contributed by atoms with E-state index in [9.17, 15) is 0 Å². The Morgan fingerprint density at radius 3 is 2.15 bits per heavy atom. The number of likely N-dealkylation sites (tertiary alicyclic amines) is 2. The second-order valence-electron chi connectivity index (χ2n) is 6.41. The number of nitrogens with zero attached hydrogens (tertiary/aromatic N) is 3. The van der Waals surface area contributed by atoms with E-state index in [0.717, 1.165) is 6.54 Å². The molecule has 0 saturated carbocycles. The van der Waals surface area contributed by atoms with Crippen molar-refractivity contribution < 1.29 is 0 Å². The standard InChI is InChI=1S/C15H30N4S/c1-3-8-17(9-4-1)13-19-12-7-16-15(19)20-14-18-10-5-2-6-11-18/h15-16H,1-14H2. The molecular formula is C15H30N4S. The molecule has 0 aromatic heterocycles. The molecule has 3 rings (SSSR count). The number of piperidine rings is 2. The number of thioether (sulfide) groups is 1. The SMILES string of the molecule is C1CCN(CSC2NCCN2CN2CCCCC2)CC1. The van der Waals surface area contributed by atoms with Crippen LogP contribution in [0.25, 0.3) is 0 Å². The smallest absolute Gasteiger partial charge is 0.110 e. The Labute approximate surface area is 128 Å². The van der Waals surface area contributed by atoms with Crippen molar-refractivity contribution in [1.82, 2.24) is 20.0 Å². The molecular weight excluding hydrogens is 268 g/mol. The summed E-state index contributed by atoms with van der Waals surface area (Å²) in [7, 11) is 0. The first kappa shape index (κ1) is 15.1. The maximum atomic E-state index is 3.67. The van der Waals surface area contributed by atoms with E-state index in [1.165, 1.54) is 83.8 Å². The van der Waals surface area contributed by atoms with Gasteiger partial charge in [-0.2, -0.15) is 0 Å². The van der Waals surface area contributed by atoms with Crippen molar-refractivity contribution in [1.29, 1.82) is 0 Å². The van der Waals surface area contributed by atoms with Gasteiger partial charge in [0.15, 0.2) is 0 Å². The van der Waals surface area contributed by atoms with Crippen molar-refractivity contribution in [2.24, 2.45) is 0 Å². The zero-order chi connectivity index (χ0) is 13.6. The van der Waals surface area contributed by atoms with Gasteiger partial charge in [0.25, 0.3) is 0 Å². The molecule has 0 aromatic rings. The summed E-state index contributed by atoms with van der Waals surface area (Å²) < 4.78 is 0. The summed E-state index contributed by atoms with van der Waals surface area (Å²) in [5.41, 5.74) is 0.541. The van der Waals surface area contributed by atoms with Crippen LogP contribution in [0.4, 0.5) is 0 Å². The second-order valence-corrected chi connectivity index (χ2v) is 7.45. The Bertz CT molecular complexity index is 277. The molecule has 3 fully saturated rings. The van der Waals surface area contributed by atoms with Crippen LogP contribution >= 0.6 is 11.8 Å². The Morgan fingerprint density at radius 1 is 0.800 bits per heavy atom. The lowest BCUT2D eigenvalue weighted by atomic mass is 10.1. The molecule has 0 radical (unpaired) electrons. The molecule has 116 valence electrons. The number of rotatable bonds is 5. The van der Waals surface area contributed by atoms with E-state index in [1.807, 2.05) is 0 Å². The van der Waals surface area contributed by atoms with E-state index in [0.29, 0.717) is 5.50 Å². The van der Waals surface area contributed by atoms with Gasteiger partial charge < -0.3 is 0 Å². The lowest BCUT2D eigenvalue weighted by Crippen LogP contribution is -2.44. The molecule has 20 heavy (non-hydrogen) atoms. The fourth-order valence-electron chi connectivity index (χ4n) is 3.51. The van der Waals surface area contributed by atoms with Gasteiger partial charge in [0, 0.05) is 19.0 Å². The summed E-state index contributed by atoms with van der Waals surface area (Å²) >= 11 is 2.10. The number of hydrogen-bond donors (Lipinski definition) is 1. The maximum Gasteiger partial charge on any atom is 0.110 e. The van der Waals surface area contributed by atoms with Gasteiger partial charge in [-0.05, 0) is 51.9 Å². The Hall–Kier alpha value is 0.190. The lowest BCUT2D eigenvalue weighted by Gasteiger charge is -2.34. The number of hydrogen-bond acceptors (Lipinski definition) is 5. The molecule has 0 amide bonds. The van der Waals surface area contributed by atoms with Crippen LogP contribution in [0.2, 0.25) is 0 Å². The first-order valence-electron chi connectivity index (χ1n) is 8.45. The first-order chi connectivity index (χ1) is 9.92. The number of nitrogens with one attached hydrogen (secondary N) is 1. The highest BCUT2D eigenvalue weighted by Crippen LogP contribution is 2.21. The van der Waals surface area contributed by atoms with Crippen molar-refractivity contribution in [2.75, 3.05) is 51.8 Å². The molecule has 3 heterocycles. The van der Waals surface area contributed by atoms with Crippen molar-refractivity contribution in [2.45, 2.75) is 44.0 Å². The van der Waals surface area contributed by atoms with Crippen LogP contribution in [0.3, 0.4) is 0 Å². The van der Waals surface area contributed by atoms with Crippen molar-refractivity contribution in [3.63, 3.8) is 0 Å². The van der Waals surface area contributed by atoms with Crippen LogP contribution in [0.15, 0.2) is 0 Å². The summed E-state index contributed by atoms with van der Waals surface area (Å²) in [6.07, 6.45) is 8.46. The quantitative estimate of drug-likeness (QED) is 0.833. The fraction of sp³-hybridized carbons (Fsp3) is 1.00. The highest BCUT2D eigenvalue weighted by Gasteiger charge is 2.27. The van der Waals surface area contributed by atoms with Gasteiger partial charge in [-0.1, -0.05) is 12.8 Å². The molecule has 3 aliphatic rings. The minimum Gasteiger partial charge on any atom is -0.294 e. The van der Waals surface area contributed by atoms with Gasteiger partial charge in [0.2, 0.25) is 0 Å². The second kappa shape index (κ2) is 7.99. The molecule has 4 nitrogen and oxygen atoms in total. The summed E-state index contributed by atoms with van der Waals surface area (Å²) in [4.78, 5) is 7.91. The molecule has 5 heteroatoms. The van der Waals surface area contributed by atoms with E-state index in [2.05, 4.69) is 31.8 Å². The van der Waals surface area contributed by atoms with Crippen molar-refractivity contribution >= 4 is 11.8 Å². The third-order valence-corrected chi connectivity index (χ3v) is 6.04. The van der Waals surface area contributed by atoms with Crippen LogP contribution in [-0.4, -0.2) is 72.0 Å². The monoisotopic (exact) mass is 298 g/mol. The predicted molar refractivity (Wildman–Crippen MR) is 86.7 cm³/mol. The Balaban J connectivity index is 1.40. The van der Waals surface area contributed by atoms with E-state index in [1.54, 1.807) is 0 Å². The summed E-state index contributed by atoms with van der Waals surface area (Å²) in [5.74, 6) is 1.20. The molecule has 0 bridgehead atoms. The summed E-state index contributed by atoms with van der Waals surface area (Å²) in [6, 6.07) is 0. The van der Waals surface area contributed by atoms with Gasteiger partial charge in [-0.25, -0.2) is 0 Å². The average molecular weight is 299 g/mol. The van der Waals surface area contributed by atoms with Crippen molar-refractivity contribution in [3.05, 3.63) is 0 Å². The van der Waals surface area contributed by atoms with E-state index >= 15 is 0 Å². The molecule has 0 aromatic carbocycles. The van der Waals surface area contributed by atoms with Gasteiger partial charge >= 0.3 is 0 Å². The van der Waals surface area contributed by atoms with E-state index in [4.69, 9.17) is 0 Å². The van der Waals surface area contributed by atoms with Gasteiger partial charge in [-0.15, -0.1) is 11.8 Å². The highest BCUT2D eigenvalue weighted by molar-refractivity contribution is 7.99. The van der Waals surface area contributed by atoms with Gasteiger partial charge in [0.05, 0.1) is 6.67 Å². The Kier molecular flexibility index (Phi) is 6.03. The van der Waals surface area contributed by atoms with Crippen molar-refractivity contribution in [3.8, 4) is 0 Å². The van der Waals surface area contributed by atoms with Crippen LogP contribution in [0.1, 0.15) is 38.5 Å². The average Bonchev–Trinajstić information content (AvgIpc) is 2.94. The van der Waals surface area contributed by atoms with E-state index < -0.39 is 0 Å². The predicted octanol–water partition coefficient (Wildman–Crippen LogP) is 1.80. The zero-order valence-electron chi connectivity index (χ0n) is 12.7. The molecule has 1 unspecified atom stereocenters. The van der Waals surface area contributed by atoms with Crippen LogP contribution in [0, 0.1) is 0 Å². The molecule has 3 saturated heterocycles. The fourth-order valence-corrected chi connectivity index (χ4v) is 4.74. The molecule has 3 aliphatic heterocycles. The topological polar surface area (TPSA) is 21.8 Å². The minimum absolute atomic E-state index is 0.541. The Morgan fingerprint density at radius 2 is 1.45 bits per heavy atom. The van der Waals surface area contributed by atoms with E-state index in [-0.39, 0.29) is 0 Å². The van der Waals surface area contributed by atoms with Crippen LogP contribution in [0.5, 0.6) is 0 Å². The van der Waals surface area contributed by atoms with Crippen LogP contribution < -0.4 is 5.32 Å². The molecule has 1 atom stereocenters. The third-order valence-electron chi connectivity index (χ3n) is 4.74. The summed E-state index contributed by atoms with van der Waals surface area (Å²) in [5, 5.41) is 3.67. The molecule has 0 spiro atoms. The largest absolute Gasteiger partial charge is 0.294 e. The summed E-state index contributed by atoms with van der Waals surface area (Å²) in [6.45, 7) is 8.78. The molecule has 1 N–H and O–H groups in total. The lowest BCUT2D eigenvalue weighted by molar-refractivity contribution is 0.123. The minimum atomic E-state index is 0.541. The zero-order valence-corrected chi connectivity index (χ0v) is 13.5. The third kappa shape index (κ3) is 4.34. The molecule has 0 aliphatic carbocycles.